The van der Waals surface area contributed by atoms with Crippen LogP contribution in [0.25, 0.3) is 0 Å². The van der Waals surface area contributed by atoms with Crippen LogP contribution in [0.4, 0.5) is 19.0 Å². The Bertz CT molecular complexity index is 381. The van der Waals surface area contributed by atoms with Gasteiger partial charge in [0.25, 0.3) is 0 Å². The van der Waals surface area contributed by atoms with Gasteiger partial charge in [-0.1, -0.05) is 0 Å². The highest BCUT2D eigenvalue weighted by Gasteiger charge is 2.31. The molecule has 0 radical (unpaired) electrons. The van der Waals surface area contributed by atoms with E-state index in [1.165, 1.54) is 0 Å². The van der Waals surface area contributed by atoms with Crippen LogP contribution in [0.5, 0.6) is 0 Å². The van der Waals surface area contributed by atoms with Gasteiger partial charge in [0.05, 0.1) is 11.7 Å². The molecule has 2 heterocycles. The Kier molecular flexibility index (Phi) is 2.75. The number of pyridine rings is 1. The molecule has 16 heavy (non-hydrogen) atoms. The molecule has 0 aliphatic carbocycles. The number of nitrogens with zero attached hydrogens (tertiary/aromatic N) is 2. The van der Waals surface area contributed by atoms with E-state index in [9.17, 15) is 18.3 Å². The molecule has 1 aromatic heterocycles. The Balaban J connectivity index is 2.23. The molecule has 1 N–H and O–H groups in total. The van der Waals surface area contributed by atoms with Gasteiger partial charge in [0.1, 0.15) is 5.82 Å². The summed E-state index contributed by atoms with van der Waals surface area (Å²) in [6.45, 7) is 0.879. The van der Waals surface area contributed by atoms with Crippen LogP contribution in [0.15, 0.2) is 18.3 Å². The van der Waals surface area contributed by atoms with Crippen molar-refractivity contribution in [1.82, 2.24) is 4.98 Å². The van der Waals surface area contributed by atoms with Crippen LogP contribution in [0.1, 0.15) is 12.0 Å². The molecule has 1 aromatic rings. The third-order valence-corrected chi connectivity index (χ3v) is 2.56. The summed E-state index contributed by atoms with van der Waals surface area (Å²) in [4.78, 5) is 5.54. The number of aliphatic hydroxyl groups is 1. The van der Waals surface area contributed by atoms with E-state index in [2.05, 4.69) is 4.98 Å². The minimum atomic E-state index is -4.35. The summed E-state index contributed by atoms with van der Waals surface area (Å²) in [5.74, 6) is 0.270. The molecule has 88 valence electrons. The van der Waals surface area contributed by atoms with Crippen molar-refractivity contribution in [3.63, 3.8) is 0 Å². The number of hydrogen-bond acceptors (Lipinski definition) is 3. The molecule has 0 saturated carbocycles. The number of aromatic nitrogens is 1. The Labute approximate surface area is 90.5 Å². The van der Waals surface area contributed by atoms with Gasteiger partial charge in [-0.3, -0.25) is 0 Å². The summed E-state index contributed by atoms with van der Waals surface area (Å²) in [5.41, 5.74) is -0.709. The molecule has 1 fully saturated rings. The highest BCUT2D eigenvalue weighted by atomic mass is 19.4. The molecule has 1 saturated heterocycles. The molecule has 2 rings (SSSR count). The van der Waals surface area contributed by atoms with E-state index in [1.54, 1.807) is 4.90 Å². The Morgan fingerprint density at radius 1 is 1.44 bits per heavy atom. The quantitative estimate of drug-likeness (QED) is 0.800. The fourth-order valence-corrected chi connectivity index (χ4v) is 1.72. The van der Waals surface area contributed by atoms with Crippen molar-refractivity contribution in [3.05, 3.63) is 23.9 Å². The maximum Gasteiger partial charge on any atom is 0.416 e. The van der Waals surface area contributed by atoms with Crippen molar-refractivity contribution in [2.24, 2.45) is 0 Å². The van der Waals surface area contributed by atoms with Crippen molar-refractivity contribution in [1.29, 1.82) is 0 Å². The van der Waals surface area contributed by atoms with Crippen LogP contribution in [0.2, 0.25) is 0 Å². The average Bonchev–Trinajstić information content (AvgIpc) is 2.64. The van der Waals surface area contributed by atoms with Crippen molar-refractivity contribution in [2.45, 2.75) is 18.7 Å². The summed E-state index contributed by atoms with van der Waals surface area (Å²) >= 11 is 0. The van der Waals surface area contributed by atoms with E-state index in [0.717, 1.165) is 18.3 Å². The first-order chi connectivity index (χ1) is 7.47. The lowest BCUT2D eigenvalue weighted by atomic mass is 10.2. The SMILES string of the molecule is O[C@@H]1CCN(c2cc(C(F)(F)F)ccn2)C1. The average molecular weight is 232 g/mol. The summed E-state index contributed by atoms with van der Waals surface area (Å²) in [6, 6.07) is 1.95. The predicted molar refractivity (Wildman–Crippen MR) is 52.1 cm³/mol. The number of halogens is 3. The Morgan fingerprint density at radius 3 is 2.75 bits per heavy atom. The zero-order chi connectivity index (χ0) is 11.8. The third-order valence-electron chi connectivity index (χ3n) is 2.56. The van der Waals surface area contributed by atoms with Crippen LogP contribution in [0, 0.1) is 0 Å². The molecule has 3 nitrogen and oxygen atoms in total. The Morgan fingerprint density at radius 2 is 2.19 bits per heavy atom. The normalized spacial score (nSPS) is 21.5. The number of β-amino-alcohol motifs (C(OH)–C–C–N with tert-alkyl or cyclic N) is 1. The number of alkyl halides is 3. The predicted octanol–water partition coefficient (Wildman–Crippen LogP) is 1.67. The van der Waals surface area contributed by atoms with Crippen molar-refractivity contribution < 1.29 is 18.3 Å². The molecule has 0 unspecified atom stereocenters. The fourth-order valence-electron chi connectivity index (χ4n) is 1.72. The second-order valence-electron chi connectivity index (χ2n) is 3.79. The van der Waals surface area contributed by atoms with Crippen molar-refractivity contribution in [2.75, 3.05) is 18.0 Å². The Hall–Kier alpha value is -1.30. The fraction of sp³-hybridized carbons (Fsp3) is 0.500. The van der Waals surface area contributed by atoms with Crippen LogP contribution < -0.4 is 4.90 Å². The van der Waals surface area contributed by atoms with Gasteiger partial charge in [-0.05, 0) is 18.6 Å². The molecule has 1 aliphatic heterocycles. The zero-order valence-electron chi connectivity index (χ0n) is 8.41. The lowest BCUT2D eigenvalue weighted by Crippen LogP contribution is -2.22. The minimum Gasteiger partial charge on any atom is -0.391 e. The van der Waals surface area contributed by atoms with Gasteiger partial charge in [-0.25, -0.2) is 4.98 Å². The molecule has 0 aromatic carbocycles. The second kappa shape index (κ2) is 3.93. The van der Waals surface area contributed by atoms with Crippen LogP contribution in [0.3, 0.4) is 0 Å². The molecule has 6 heteroatoms. The maximum absolute atomic E-state index is 12.4. The van der Waals surface area contributed by atoms with Gasteiger partial charge in [0, 0.05) is 19.3 Å². The van der Waals surface area contributed by atoms with Gasteiger partial charge < -0.3 is 10.0 Å². The smallest absolute Gasteiger partial charge is 0.391 e. The maximum atomic E-state index is 12.4. The lowest BCUT2D eigenvalue weighted by molar-refractivity contribution is -0.137. The standard InChI is InChI=1S/C10H11F3N2O/c11-10(12,13)7-1-3-14-9(5-7)15-4-2-8(16)6-15/h1,3,5,8,16H,2,4,6H2/t8-/m1/s1. The van der Waals surface area contributed by atoms with Crippen LogP contribution in [-0.2, 0) is 6.18 Å². The van der Waals surface area contributed by atoms with Gasteiger partial charge in [0.2, 0.25) is 0 Å². The lowest BCUT2D eigenvalue weighted by Gasteiger charge is -2.17. The third kappa shape index (κ3) is 2.27. The molecule has 1 aliphatic rings. The van der Waals surface area contributed by atoms with Crippen LogP contribution >= 0.6 is 0 Å². The van der Waals surface area contributed by atoms with Crippen LogP contribution in [-0.4, -0.2) is 29.3 Å². The number of anilines is 1. The first kappa shape index (κ1) is 11.2. The van der Waals surface area contributed by atoms with Gasteiger partial charge in [-0.2, -0.15) is 13.2 Å². The van der Waals surface area contributed by atoms with Crippen molar-refractivity contribution >= 4 is 5.82 Å². The first-order valence-corrected chi connectivity index (χ1v) is 4.93. The first-order valence-electron chi connectivity index (χ1n) is 4.93. The minimum absolute atomic E-state index is 0.270. The van der Waals surface area contributed by atoms with E-state index in [1.807, 2.05) is 0 Å². The van der Waals surface area contributed by atoms with Gasteiger partial charge in [-0.15, -0.1) is 0 Å². The van der Waals surface area contributed by atoms with Gasteiger partial charge in [0.15, 0.2) is 0 Å². The number of hydrogen-bond donors (Lipinski definition) is 1. The summed E-state index contributed by atoms with van der Waals surface area (Å²) < 4.78 is 37.3. The van der Waals surface area contributed by atoms with Crippen molar-refractivity contribution in [3.8, 4) is 0 Å². The van der Waals surface area contributed by atoms with E-state index in [-0.39, 0.29) is 5.82 Å². The summed E-state index contributed by atoms with van der Waals surface area (Å²) in [5, 5.41) is 9.30. The zero-order valence-corrected chi connectivity index (χ0v) is 8.41. The molecule has 1 atom stereocenters. The van der Waals surface area contributed by atoms with E-state index < -0.39 is 17.8 Å². The summed E-state index contributed by atoms with van der Waals surface area (Å²) in [6.07, 6.45) is -3.12. The monoisotopic (exact) mass is 232 g/mol. The van der Waals surface area contributed by atoms with Gasteiger partial charge >= 0.3 is 6.18 Å². The second-order valence-corrected chi connectivity index (χ2v) is 3.79. The molecule has 0 bridgehead atoms. The highest BCUT2D eigenvalue weighted by Crippen LogP contribution is 2.31. The number of aliphatic hydroxyl groups excluding tert-OH is 1. The molecule has 0 amide bonds. The largest absolute Gasteiger partial charge is 0.416 e. The van der Waals surface area contributed by atoms with E-state index in [4.69, 9.17) is 0 Å². The van der Waals surface area contributed by atoms with E-state index >= 15 is 0 Å². The molecular weight excluding hydrogens is 221 g/mol. The molecular formula is C10H11F3N2O. The number of rotatable bonds is 1. The highest BCUT2D eigenvalue weighted by molar-refractivity contribution is 5.43. The summed E-state index contributed by atoms with van der Waals surface area (Å²) in [7, 11) is 0. The molecule has 0 spiro atoms. The topological polar surface area (TPSA) is 36.4 Å². The van der Waals surface area contributed by atoms with E-state index in [0.29, 0.717) is 19.5 Å².